The van der Waals surface area contributed by atoms with Crippen molar-refractivity contribution in [2.45, 2.75) is 32.4 Å². The molecule has 0 bridgehead atoms. The van der Waals surface area contributed by atoms with Crippen molar-refractivity contribution in [2.24, 2.45) is 5.73 Å². The predicted octanol–water partition coefficient (Wildman–Crippen LogP) is 3.04. The Labute approximate surface area is 117 Å². The molecule has 5 heteroatoms. The number of nitrogens with two attached hydrogens (primary N) is 1. The minimum atomic E-state index is -0.426. The van der Waals surface area contributed by atoms with Gasteiger partial charge in [-0.05, 0) is 18.6 Å². The number of thiophene rings is 1. The third-order valence-corrected chi connectivity index (χ3v) is 3.77. The summed E-state index contributed by atoms with van der Waals surface area (Å²) in [5.74, 6) is -0.0266. The standard InChI is InChI=1S/C13H19ClN2OS/c1-3-5-11(15)13(17)16(8-4-2)9-10-6-7-12(14)18-10/h4,6-7,11H,2-3,5,8-9,15H2,1H3/t11-/m0/s1. The maximum absolute atomic E-state index is 12.2. The number of nitrogens with zero attached hydrogens (tertiary/aromatic N) is 1. The molecule has 1 atom stereocenters. The normalized spacial score (nSPS) is 12.2. The van der Waals surface area contributed by atoms with E-state index in [1.165, 1.54) is 11.3 Å². The summed E-state index contributed by atoms with van der Waals surface area (Å²) in [4.78, 5) is 14.9. The number of carbonyl (C=O) groups is 1. The zero-order chi connectivity index (χ0) is 13.5. The second-order valence-corrected chi connectivity index (χ2v) is 5.91. The van der Waals surface area contributed by atoms with Crippen LogP contribution in [0.3, 0.4) is 0 Å². The highest BCUT2D eigenvalue weighted by Crippen LogP contribution is 2.23. The van der Waals surface area contributed by atoms with Crippen LogP contribution < -0.4 is 5.73 Å². The number of hydrogen-bond donors (Lipinski definition) is 1. The van der Waals surface area contributed by atoms with E-state index in [0.717, 1.165) is 15.6 Å². The molecular formula is C13H19ClN2OS. The molecule has 0 aliphatic carbocycles. The monoisotopic (exact) mass is 286 g/mol. The van der Waals surface area contributed by atoms with Crippen molar-refractivity contribution >= 4 is 28.8 Å². The fourth-order valence-corrected chi connectivity index (χ4v) is 2.79. The lowest BCUT2D eigenvalue weighted by Crippen LogP contribution is -2.43. The Morgan fingerprint density at radius 3 is 2.89 bits per heavy atom. The largest absolute Gasteiger partial charge is 0.332 e. The van der Waals surface area contributed by atoms with Gasteiger partial charge in [-0.1, -0.05) is 31.0 Å². The van der Waals surface area contributed by atoms with Crippen molar-refractivity contribution in [3.8, 4) is 0 Å². The molecule has 0 unspecified atom stereocenters. The maximum atomic E-state index is 12.2. The summed E-state index contributed by atoms with van der Waals surface area (Å²) in [6.45, 7) is 6.74. The number of hydrogen-bond acceptors (Lipinski definition) is 3. The van der Waals surface area contributed by atoms with Crippen molar-refractivity contribution in [1.29, 1.82) is 0 Å². The van der Waals surface area contributed by atoms with Gasteiger partial charge in [0.15, 0.2) is 0 Å². The molecule has 0 aromatic carbocycles. The van der Waals surface area contributed by atoms with E-state index in [1.54, 1.807) is 11.0 Å². The quantitative estimate of drug-likeness (QED) is 0.783. The summed E-state index contributed by atoms with van der Waals surface area (Å²) >= 11 is 7.36. The molecule has 100 valence electrons. The first-order valence-electron chi connectivity index (χ1n) is 5.98. The van der Waals surface area contributed by atoms with E-state index < -0.39 is 6.04 Å². The second kappa shape index (κ2) is 7.56. The van der Waals surface area contributed by atoms with Gasteiger partial charge in [-0.2, -0.15) is 0 Å². The lowest BCUT2D eigenvalue weighted by molar-refractivity contribution is -0.132. The smallest absolute Gasteiger partial charge is 0.240 e. The van der Waals surface area contributed by atoms with Gasteiger partial charge in [-0.3, -0.25) is 4.79 Å². The topological polar surface area (TPSA) is 46.3 Å². The third-order valence-electron chi connectivity index (χ3n) is 2.55. The lowest BCUT2D eigenvalue weighted by atomic mass is 10.1. The Kier molecular flexibility index (Phi) is 6.39. The molecule has 1 heterocycles. The van der Waals surface area contributed by atoms with E-state index in [-0.39, 0.29) is 5.91 Å². The number of halogens is 1. The highest BCUT2D eigenvalue weighted by molar-refractivity contribution is 7.16. The Bertz CT molecular complexity index is 405. The molecule has 3 nitrogen and oxygen atoms in total. The molecule has 1 aromatic rings. The van der Waals surface area contributed by atoms with Crippen LogP contribution in [0.1, 0.15) is 24.6 Å². The molecule has 0 radical (unpaired) electrons. The minimum Gasteiger partial charge on any atom is -0.332 e. The average molecular weight is 287 g/mol. The van der Waals surface area contributed by atoms with E-state index in [9.17, 15) is 4.79 Å². The second-order valence-electron chi connectivity index (χ2n) is 4.11. The molecule has 0 saturated carbocycles. The third kappa shape index (κ3) is 4.44. The van der Waals surface area contributed by atoms with Crippen LogP contribution >= 0.6 is 22.9 Å². The van der Waals surface area contributed by atoms with Crippen LogP contribution in [0.2, 0.25) is 4.34 Å². The highest BCUT2D eigenvalue weighted by Gasteiger charge is 2.20. The summed E-state index contributed by atoms with van der Waals surface area (Å²) in [5, 5.41) is 0. The molecule has 0 spiro atoms. The van der Waals surface area contributed by atoms with Gasteiger partial charge in [0, 0.05) is 11.4 Å². The molecule has 18 heavy (non-hydrogen) atoms. The zero-order valence-electron chi connectivity index (χ0n) is 10.6. The van der Waals surface area contributed by atoms with Gasteiger partial charge in [0.2, 0.25) is 5.91 Å². The fraction of sp³-hybridized carbons (Fsp3) is 0.462. The Morgan fingerprint density at radius 1 is 1.67 bits per heavy atom. The molecule has 0 fully saturated rings. The molecule has 1 aromatic heterocycles. The van der Waals surface area contributed by atoms with Gasteiger partial charge >= 0.3 is 0 Å². The van der Waals surface area contributed by atoms with E-state index >= 15 is 0 Å². The molecule has 0 aliphatic rings. The maximum Gasteiger partial charge on any atom is 0.240 e. The number of carbonyl (C=O) groups excluding carboxylic acids is 1. The van der Waals surface area contributed by atoms with E-state index in [1.807, 2.05) is 19.1 Å². The van der Waals surface area contributed by atoms with Gasteiger partial charge < -0.3 is 10.6 Å². The van der Waals surface area contributed by atoms with Crippen molar-refractivity contribution < 1.29 is 4.79 Å². The minimum absolute atomic E-state index is 0.0266. The summed E-state index contributed by atoms with van der Waals surface area (Å²) in [5.41, 5.74) is 5.87. The molecular weight excluding hydrogens is 268 g/mol. The molecule has 1 amide bonds. The van der Waals surface area contributed by atoms with Gasteiger partial charge in [0.25, 0.3) is 0 Å². The summed E-state index contributed by atoms with van der Waals surface area (Å²) < 4.78 is 0.730. The highest BCUT2D eigenvalue weighted by atomic mass is 35.5. The van der Waals surface area contributed by atoms with E-state index in [2.05, 4.69) is 6.58 Å². The Hall–Kier alpha value is -0.840. The van der Waals surface area contributed by atoms with Crippen molar-refractivity contribution in [3.05, 3.63) is 34.0 Å². The predicted molar refractivity (Wildman–Crippen MR) is 77.8 cm³/mol. The molecule has 0 aliphatic heterocycles. The van der Waals surface area contributed by atoms with Crippen LogP contribution in [0.25, 0.3) is 0 Å². The van der Waals surface area contributed by atoms with E-state index in [0.29, 0.717) is 19.5 Å². The molecule has 0 saturated heterocycles. The zero-order valence-corrected chi connectivity index (χ0v) is 12.1. The van der Waals surface area contributed by atoms with Gasteiger partial charge in [0.1, 0.15) is 0 Å². The van der Waals surface area contributed by atoms with Crippen molar-refractivity contribution in [2.75, 3.05) is 6.54 Å². The summed E-state index contributed by atoms with van der Waals surface area (Å²) in [6, 6.07) is 3.34. The first-order valence-corrected chi connectivity index (χ1v) is 7.17. The van der Waals surface area contributed by atoms with Crippen LogP contribution in [0, 0.1) is 0 Å². The van der Waals surface area contributed by atoms with Gasteiger partial charge in [-0.15, -0.1) is 17.9 Å². The van der Waals surface area contributed by atoms with Gasteiger partial charge in [0.05, 0.1) is 16.9 Å². The van der Waals surface area contributed by atoms with Crippen LogP contribution in [0.5, 0.6) is 0 Å². The van der Waals surface area contributed by atoms with Gasteiger partial charge in [-0.25, -0.2) is 0 Å². The molecule has 2 N–H and O–H groups in total. The Balaban J connectivity index is 2.69. The average Bonchev–Trinajstić information content (AvgIpc) is 2.73. The summed E-state index contributed by atoms with van der Waals surface area (Å²) in [6.07, 6.45) is 3.32. The van der Waals surface area contributed by atoms with Crippen LogP contribution in [0.15, 0.2) is 24.8 Å². The first kappa shape index (κ1) is 15.2. The van der Waals surface area contributed by atoms with Crippen molar-refractivity contribution in [1.82, 2.24) is 4.90 Å². The van der Waals surface area contributed by atoms with Crippen LogP contribution in [-0.4, -0.2) is 23.4 Å². The van der Waals surface area contributed by atoms with Crippen LogP contribution in [0.4, 0.5) is 0 Å². The number of rotatable bonds is 7. The molecule has 1 rings (SSSR count). The lowest BCUT2D eigenvalue weighted by Gasteiger charge is -2.23. The fourth-order valence-electron chi connectivity index (χ4n) is 1.68. The SMILES string of the molecule is C=CCN(Cc1ccc(Cl)s1)C(=O)[C@@H](N)CCC. The van der Waals surface area contributed by atoms with Crippen molar-refractivity contribution in [3.63, 3.8) is 0 Å². The van der Waals surface area contributed by atoms with Crippen LogP contribution in [-0.2, 0) is 11.3 Å². The number of amides is 1. The first-order chi connectivity index (χ1) is 8.58. The Morgan fingerprint density at radius 2 is 2.39 bits per heavy atom. The summed E-state index contributed by atoms with van der Waals surface area (Å²) in [7, 11) is 0. The van der Waals surface area contributed by atoms with E-state index in [4.69, 9.17) is 17.3 Å².